The molecule has 10 rings (SSSR count). The van der Waals surface area contributed by atoms with Gasteiger partial charge in [0.05, 0.1) is 22.6 Å². The molecule has 0 saturated heterocycles. The first-order valence-electron chi connectivity index (χ1n) is 23.1. The van der Waals surface area contributed by atoms with Crippen molar-refractivity contribution in [3.63, 3.8) is 0 Å². The van der Waals surface area contributed by atoms with Gasteiger partial charge in [-0.3, -0.25) is 15.0 Å². The van der Waals surface area contributed by atoms with Crippen molar-refractivity contribution in [3.8, 4) is 0 Å². The first-order chi connectivity index (χ1) is 32.3. The monoisotopic (exact) mass is 851 g/mol. The van der Waals surface area contributed by atoms with Crippen LogP contribution in [0.4, 0.5) is 0 Å². The second-order valence-corrected chi connectivity index (χ2v) is 17.6. The minimum atomic E-state index is 0.227. The maximum absolute atomic E-state index is 5.60. The number of rotatable bonds is 10. The summed E-state index contributed by atoms with van der Waals surface area (Å²) in [5.41, 5.74) is 9.57. The van der Waals surface area contributed by atoms with Crippen LogP contribution in [0.15, 0.2) is 228 Å². The average molecular weight is 852 g/mol. The molecule has 0 saturated carbocycles. The van der Waals surface area contributed by atoms with Gasteiger partial charge in [0.1, 0.15) is 0 Å². The van der Waals surface area contributed by atoms with Gasteiger partial charge < -0.3 is 0 Å². The van der Waals surface area contributed by atoms with Crippen molar-refractivity contribution in [1.29, 1.82) is 0 Å². The number of allylic oxidation sites excluding steroid dienone is 9. The summed E-state index contributed by atoms with van der Waals surface area (Å²) in [6.07, 6.45) is 16.5. The molecule has 0 aliphatic heterocycles. The number of hydrogen-bond acceptors (Lipinski definition) is 3. The molecule has 0 amide bonds. The molecule has 1 heterocycles. The lowest BCUT2D eigenvalue weighted by molar-refractivity contribution is 0.596. The van der Waals surface area contributed by atoms with Gasteiger partial charge in [0.2, 0.25) is 0 Å². The SMILES string of the molecule is C=C/C=C(\C=C/C)C(C)=NC(=C)/C(N=C(C)c1ccc2c3ccc(C4C=CC(c5nc6c7ccccc7c7ccccc7c6c6ccccc56)CC4)cc3c3ccccc3c2c1)=C(\C)C=C. The highest BCUT2D eigenvalue weighted by molar-refractivity contribution is 6.30. The van der Waals surface area contributed by atoms with Crippen LogP contribution >= 0.6 is 0 Å². The Labute approximate surface area is 387 Å². The van der Waals surface area contributed by atoms with Crippen LogP contribution in [-0.2, 0) is 0 Å². The summed E-state index contributed by atoms with van der Waals surface area (Å²) in [5, 5.41) is 16.2. The first-order valence-corrected chi connectivity index (χ1v) is 23.1. The van der Waals surface area contributed by atoms with Crippen LogP contribution < -0.4 is 0 Å². The van der Waals surface area contributed by atoms with Crippen LogP contribution in [0.5, 0.6) is 0 Å². The molecule has 3 heteroatoms. The highest BCUT2D eigenvalue weighted by atomic mass is 14.9. The largest absolute Gasteiger partial charge is 0.251 e. The number of aromatic nitrogens is 1. The Kier molecular flexibility index (Phi) is 11.3. The molecule has 0 radical (unpaired) electrons. The molecule has 0 N–H and O–H groups in total. The highest BCUT2D eigenvalue weighted by Crippen LogP contribution is 2.44. The number of aliphatic imine (C=N–C) groups is 2. The number of benzene rings is 8. The molecule has 1 aliphatic carbocycles. The zero-order valence-corrected chi connectivity index (χ0v) is 38.3. The molecule has 66 heavy (non-hydrogen) atoms. The van der Waals surface area contributed by atoms with Crippen LogP contribution in [-0.4, -0.2) is 16.4 Å². The third kappa shape index (κ3) is 7.41. The quantitative estimate of drug-likeness (QED) is 0.0584. The van der Waals surface area contributed by atoms with Crippen LogP contribution in [0.25, 0.3) is 75.5 Å². The lowest BCUT2D eigenvalue weighted by Crippen LogP contribution is -2.09. The summed E-state index contributed by atoms with van der Waals surface area (Å²) in [4.78, 5) is 15.7. The van der Waals surface area contributed by atoms with Crippen molar-refractivity contribution in [2.24, 2.45) is 9.98 Å². The third-order valence-electron chi connectivity index (χ3n) is 13.6. The van der Waals surface area contributed by atoms with Gasteiger partial charge in [-0.15, -0.1) is 0 Å². The Morgan fingerprint density at radius 1 is 0.591 bits per heavy atom. The van der Waals surface area contributed by atoms with E-state index in [1.54, 1.807) is 6.08 Å². The number of fused-ring (bicyclic) bond motifs is 14. The van der Waals surface area contributed by atoms with E-state index in [1.807, 2.05) is 45.1 Å². The van der Waals surface area contributed by atoms with Crippen molar-refractivity contribution >= 4 is 87.0 Å². The highest BCUT2D eigenvalue weighted by Gasteiger charge is 2.24. The van der Waals surface area contributed by atoms with Crippen LogP contribution in [0.3, 0.4) is 0 Å². The van der Waals surface area contributed by atoms with Gasteiger partial charge in [0.15, 0.2) is 0 Å². The molecule has 320 valence electrons. The molecule has 8 aromatic carbocycles. The summed E-state index contributed by atoms with van der Waals surface area (Å²) in [6, 6.07) is 49.2. The first kappa shape index (κ1) is 42.2. The van der Waals surface area contributed by atoms with Crippen LogP contribution in [0, 0.1) is 0 Å². The molecular weight excluding hydrogens is 799 g/mol. The minimum absolute atomic E-state index is 0.227. The van der Waals surface area contributed by atoms with Gasteiger partial charge in [-0.25, -0.2) is 0 Å². The predicted molar refractivity (Wildman–Crippen MR) is 288 cm³/mol. The molecule has 2 unspecified atom stereocenters. The fourth-order valence-corrected chi connectivity index (χ4v) is 10.3. The molecule has 1 aliphatic rings. The van der Waals surface area contributed by atoms with Gasteiger partial charge in [-0.2, -0.15) is 0 Å². The van der Waals surface area contributed by atoms with Crippen LogP contribution in [0.1, 0.15) is 69.2 Å². The molecule has 0 bridgehead atoms. The summed E-state index contributed by atoms with van der Waals surface area (Å²) in [7, 11) is 0. The molecule has 3 nitrogen and oxygen atoms in total. The van der Waals surface area contributed by atoms with Crippen molar-refractivity contribution in [2.75, 3.05) is 0 Å². The minimum Gasteiger partial charge on any atom is -0.251 e. The third-order valence-corrected chi connectivity index (χ3v) is 13.6. The summed E-state index contributed by atoms with van der Waals surface area (Å²) >= 11 is 0. The molecular formula is C63H53N3. The fourth-order valence-electron chi connectivity index (χ4n) is 10.3. The van der Waals surface area contributed by atoms with Crippen molar-refractivity contribution in [3.05, 3.63) is 235 Å². The summed E-state index contributed by atoms with van der Waals surface area (Å²) in [6.45, 7) is 20.3. The Balaban J connectivity index is 1.00. The van der Waals surface area contributed by atoms with E-state index in [-0.39, 0.29) is 5.92 Å². The van der Waals surface area contributed by atoms with E-state index in [9.17, 15) is 0 Å². The zero-order chi connectivity index (χ0) is 45.5. The average Bonchev–Trinajstić information content (AvgIpc) is 3.37. The second-order valence-electron chi connectivity index (χ2n) is 17.6. The molecule has 0 fully saturated rings. The maximum Gasteiger partial charge on any atom is 0.0912 e. The number of nitrogens with zero attached hydrogens (tertiary/aromatic N) is 3. The summed E-state index contributed by atoms with van der Waals surface area (Å²) < 4.78 is 0. The van der Waals surface area contributed by atoms with Crippen molar-refractivity contribution in [2.45, 2.75) is 52.4 Å². The lowest BCUT2D eigenvalue weighted by atomic mass is 9.80. The van der Waals surface area contributed by atoms with E-state index in [2.05, 4.69) is 172 Å². The van der Waals surface area contributed by atoms with Gasteiger partial charge in [0, 0.05) is 39.4 Å². The second kappa shape index (κ2) is 17.7. The van der Waals surface area contributed by atoms with E-state index in [0.29, 0.717) is 17.3 Å². The van der Waals surface area contributed by atoms with Crippen molar-refractivity contribution < 1.29 is 0 Å². The van der Waals surface area contributed by atoms with E-state index in [0.717, 1.165) is 46.5 Å². The van der Waals surface area contributed by atoms with E-state index in [1.165, 1.54) is 81.3 Å². The number of pyridine rings is 1. The Morgan fingerprint density at radius 3 is 1.74 bits per heavy atom. The normalized spacial score (nSPS) is 16.6. The number of hydrogen-bond donors (Lipinski definition) is 0. The molecule has 1 aromatic heterocycles. The van der Waals surface area contributed by atoms with E-state index in [4.69, 9.17) is 15.0 Å². The van der Waals surface area contributed by atoms with Gasteiger partial charge in [-0.05, 0) is 129 Å². The Hall–Kier alpha value is -7.75. The van der Waals surface area contributed by atoms with Crippen molar-refractivity contribution in [1.82, 2.24) is 4.98 Å². The maximum atomic E-state index is 5.60. The molecule has 0 spiro atoms. The predicted octanol–water partition coefficient (Wildman–Crippen LogP) is 17.3. The van der Waals surface area contributed by atoms with E-state index < -0.39 is 0 Å². The van der Waals surface area contributed by atoms with Crippen LogP contribution in [0.2, 0.25) is 0 Å². The standard InChI is InChI=1S/C63H53N3/c1-8-19-43(20-9-2)40(5)64-42(7)61(39(4)10-3)65-41(6)46-33-35-52-53-36-34-47(38-59(53)51-24-12-11-23-50(51)58(52)37-46)44-29-31-45(32-30-44)62-57-28-18-16-26-55(57)60-54-25-15-13-21-48(54)49-22-14-17-27-56(49)63(60)66-62/h8-29,31,33-38,44-45H,1,3,7,30,32H2,2,4-6H3/b20-9-,43-19+,61-39-,64-40?,65-41?. The van der Waals surface area contributed by atoms with Gasteiger partial charge >= 0.3 is 0 Å². The molecule has 2 atom stereocenters. The topological polar surface area (TPSA) is 37.6 Å². The Morgan fingerprint density at radius 2 is 1.12 bits per heavy atom. The van der Waals surface area contributed by atoms with Gasteiger partial charge in [-0.1, -0.05) is 184 Å². The fraction of sp³-hybridized carbons (Fsp3) is 0.127. The van der Waals surface area contributed by atoms with Gasteiger partial charge in [0.25, 0.3) is 0 Å². The zero-order valence-electron chi connectivity index (χ0n) is 38.3. The lowest BCUT2D eigenvalue weighted by Gasteiger charge is -2.25. The Bertz CT molecular complexity index is 3680. The summed E-state index contributed by atoms with van der Waals surface area (Å²) in [5.74, 6) is 0.541. The smallest absolute Gasteiger partial charge is 0.0912 e. The molecule has 9 aromatic rings. The van der Waals surface area contributed by atoms with E-state index >= 15 is 0 Å².